The number of rotatable bonds is 6. The van der Waals surface area contributed by atoms with Gasteiger partial charge in [0.05, 0.1) is 0 Å². The summed E-state index contributed by atoms with van der Waals surface area (Å²) in [7, 11) is 0. The van der Waals surface area contributed by atoms with E-state index < -0.39 is 0 Å². The molecule has 0 aliphatic heterocycles. The van der Waals surface area contributed by atoms with Crippen LogP contribution in [0.15, 0.2) is 67.3 Å². The Hall–Kier alpha value is -1.77. The Balaban J connectivity index is 0.00000200. The molecule has 0 amide bonds. The third-order valence-electron chi connectivity index (χ3n) is 2.98. The average molecular weight is 290 g/mol. The Morgan fingerprint density at radius 1 is 1.05 bits per heavy atom. The lowest BCUT2D eigenvalue weighted by Crippen LogP contribution is -2.11. The smallest absolute Gasteiger partial charge is 0.124 e. The van der Waals surface area contributed by atoms with E-state index in [1.165, 1.54) is 0 Å². The Morgan fingerprint density at radius 3 is 2.40 bits per heavy atom. The van der Waals surface area contributed by atoms with Crippen molar-refractivity contribution in [2.75, 3.05) is 0 Å². The Kier molecular flexibility index (Phi) is 6.85. The van der Waals surface area contributed by atoms with Crippen molar-refractivity contribution in [2.24, 2.45) is 5.73 Å². The first-order valence-electron chi connectivity index (χ1n) is 6.43. The van der Waals surface area contributed by atoms with Gasteiger partial charge in [0.25, 0.3) is 0 Å². The molecule has 2 aromatic carbocycles. The van der Waals surface area contributed by atoms with Gasteiger partial charge in [0.1, 0.15) is 12.4 Å². The van der Waals surface area contributed by atoms with Gasteiger partial charge in [-0.25, -0.2) is 0 Å². The minimum Gasteiger partial charge on any atom is -0.489 e. The topological polar surface area (TPSA) is 35.2 Å². The molecule has 0 aliphatic rings. The number of halogens is 1. The van der Waals surface area contributed by atoms with Crippen LogP contribution in [0.4, 0.5) is 0 Å². The fraction of sp³-hybridized carbons (Fsp3) is 0.176. The lowest BCUT2D eigenvalue weighted by atomic mass is 10.0. The summed E-state index contributed by atoms with van der Waals surface area (Å²) in [6.07, 6.45) is 2.57. The zero-order valence-electron chi connectivity index (χ0n) is 11.4. The van der Waals surface area contributed by atoms with Crippen LogP contribution in [0, 0.1) is 0 Å². The number of hydrogen-bond acceptors (Lipinski definition) is 2. The lowest BCUT2D eigenvalue weighted by Gasteiger charge is -2.15. The molecule has 0 aliphatic carbocycles. The minimum atomic E-state index is -0.0653. The predicted octanol–water partition coefficient (Wildman–Crippen LogP) is 4.26. The van der Waals surface area contributed by atoms with Gasteiger partial charge in [-0.15, -0.1) is 19.0 Å². The molecule has 20 heavy (non-hydrogen) atoms. The molecule has 2 aromatic rings. The van der Waals surface area contributed by atoms with Crippen LogP contribution in [0.1, 0.15) is 23.6 Å². The molecule has 0 fully saturated rings. The number of nitrogens with two attached hydrogens (primary N) is 1. The normalized spacial score (nSPS) is 11.2. The van der Waals surface area contributed by atoms with Crippen LogP contribution in [-0.2, 0) is 6.61 Å². The summed E-state index contributed by atoms with van der Waals surface area (Å²) >= 11 is 0. The van der Waals surface area contributed by atoms with E-state index in [9.17, 15) is 0 Å². The van der Waals surface area contributed by atoms with Crippen molar-refractivity contribution >= 4 is 12.4 Å². The standard InChI is InChI=1S/C17H19NO.ClH/c1-2-8-16(18)15-11-6-7-12-17(15)19-13-14-9-4-3-5-10-14;/h2-7,9-12,16H,1,8,13,18H2;1H/t16-;/m1./s1. The molecule has 0 bridgehead atoms. The molecule has 0 aromatic heterocycles. The molecule has 0 unspecified atom stereocenters. The van der Waals surface area contributed by atoms with Gasteiger partial charge in [-0.05, 0) is 18.1 Å². The van der Waals surface area contributed by atoms with Crippen LogP contribution in [0.5, 0.6) is 5.75 Å². The maximum Gasteiger partial charge on any atom is 0.124 e. The molecule has 0 heterocycles. The van der Waals surface area contributed by atoms with E-state index in [0.29, 0.717) is 6.61 Å². The third kappa shape index (κ3) is 4.41. The highest BCUT2D eigenvalue weighted by molar-refractivity contribution is 5.85. The van der Waals surface area contributed by atoms with E-state index in [-0.39, 0.29) is 18.4 Å². The second-order valence-corrected chi connectivity index (χ2v) is 4.44. The summed E-state index contributed by atoms with van der Waals surface area (Å²) in [6, 6.07) is 18.0. The van der Waals surface area contributed by atoms with Gasteiger partial charge in [0.2, 0.25) is 0 Å². The van der Waals surface area contributed by atoms with Gasteiger partial charge >= 0.3 is 0 Å². The SMILES string of the molecule is C=CC[C@@H](N)c1ccccc1OCc1ccccc1.Cl. The quantitative estimate of drug-likeness (QED) is 0.806. The second-order valence-electron chi connectivity index (χ2n) is 4.44. The first kappa shape index (κ1) is 16.3. The molecule has 0 saturated heterocycles. The van der Waals surface area contributed by atoms with E-state index in [1.54, 1.807) is 0 Å². The van der Waals surface area contributed by atoms with E-state index >= 15 is 0 Å². The second kappa shape index (κ2) is 8.41. The van der Waals surface area contributed by atoms with Crippen molar-refractivity contribution in [3.05, 3.63) is 78.4 Å². The third-order valence-corrected chi connectivity index (χ3v) is 2.98. The zero-order chi connectivity index (χ0) is 13.5. The Labute approximate surface area is 126 Å². The van der Waals surface area contributed by atoms with Crippen molar-refractivity contribution in [3.8, 4) is 5.75 Å². The predicted molar refractivity (Wildman–Crippen MR) is 86.2 cm³/mol. The highest BCUT2D eigenvalue weighted by atomic mass is 35.5. The van der Waals surface area contributed by atoms with Crippen molar-refractivity contribution in [1.82, 2.24) is 0 Å². The van der Waals surface area contributed by atoms with Gasteiger partial charge < -0.3 is 10.5 Å². The van der Waals surface area contributed by atoms with Crippen molar-refractivity contribution in [2.45, 2.75) is 19.1 Å². The summed E-state index contributed by atoms with van der Waals surface area (Å²) in [5.74, 6) is 0.848. The molecule has 0 spiro atoms. The molecular formula is C17H20ClNO. The lowest BCUT2D eigenvalue weighted by molar-refractivity contribution is 0.301. The van der Waals surface area contributed by atoms with Gasteiger partial charge in [0.15, 0.2) is 0 Å². The summed E-state index contributed by atoms with van der Waals surface area (Å²) in [5, 5.41) is 0. The number of para-hydroxylation sites is 1. The maximum absolute atomic E-state index is 6.12. The first-order valence-corrected chi connectivity index (χ1v) is 6.43. The fourth-order valence-electron chi connectivity index (χ4n) is 1.96. The van der Waals surface area contributed by atoms with Crippen LogP contribution in [-0.4, -0.2) is 0 Å². The minimum absolute atomic E-state index is 0. The highest BCUT2D eigenvalue weighted by Gasteiger charge is 2.10. The molecule has 0 radical (unpaired) electrons. The zero-order valence-corrected chi connectivity index (χ0v) is 12.2. The molecule has 2 rings (SSSR count). The summed E-state index contributed by atoms with van der Waals surface area (Å²) < 4.78 is 5.88. The number of hydrogen-bond donors (Lipinski definition) is 1. The molecule has 106 valence electrons. The van der Waals surface area contributed by atoms with E-state index in [0.717, 1.165) is 23.3 Å². The van der Waals surface area contributed by atoms with Gasteiger partial charge in [0, 0.05) is 11.6 Å². The van der Waals surface area contributed by atoms with Crippen LogP contribution >= 0.6 is 12.4 Å². The molecular weight excluding hydrogens is 270 g/mol. The molecule has 1 atom stereocenters. The monoisotopic (exact) mass is 289 g/mol. The van der Waals surface area contributed by atoms with Crippen LogP contribution in [0.25, 0.3) is 0 Å². The van der Waals surface area contributed by atoms with Crippen LogP contribution in [0.2, 0.25) is 0 Å². The number of ether oxygens (including phenoxy) is 1. The fourth-order valence-corrected chi connectivity index (χ4v) is 1.96. The van der Waals surface area contributed by atoms with Gasteiger partial charge in [-0.2, -0.15) is 0 Å². The summed E-state index contributed by atoms with van der Waals surface area (Å²) in [4.78, 5) is 0. The maximum atomic E-state index is 6.12. The molecule has 3 heteroatoms. The van der Waals surface area contributed by atoms with Crippen LogP contribution < -0.4 is 10.5 Å². The van der Waals surface area contributed by atoms with Crippen molar-refractivity contribution in [1.29, 1.82) is 0 Å². The Morgan fingerprint density at radius 2 is 1.70 bits per heavy atom. The van der Waals surface area contributed by atoms with Crippen molar-refractivity contribution in [3.63, 3.8) is 0 Å². The molecule has 0 saturated carbocycles. The summed E-state index contributed by atoms with van der Waals surface area (Å²) in [5.41, 5.74) is 8.30. The average Bonchev–Trinajstić information content (AvgIpc) is 2.47. The highest BCUT2D eigenvalue weighted by Crippen LogP contribution is 2.26. The Bertz CT molecular complexity index is 528. The van der Waals surface area contributed by atoms with E-state index in [2.05, 4.69) is 6.58 Å². The molecule has 2 N–H and O–H groups in total. The van der Waals surface area contributed by atoms with Gasteiger partial charge in [-0.3, -0.25) is 0 Å². The van der Waals surface area contributed by atoms with Crippen LogP contribution in [0.3, 0.4) is 0 Å². The van der Waals surface area contributed by atoms with Gasteiger partial charge in [-0.1, -0.05) is 54.6 Å². The number of benzene rings is 2. The largest absolute Gasteiger partial charge is 0.489 e. The first-order chi connectivity index (χ1) is 9.31. The van der Waals surface area contributed by atoms with E-state index in [4.69, 9.17) is 10.5 Å². The van der Waals surface area contributed by atoms with Crippen molar-refractivity contribution < 1.29 is 4.74 Å². The summed E-state index contributed by atoms with van der Waals surface area (Å²) in [6.45, 7) is 4.28. The van der Waals surface area contributed by atoms with E-state index in [1.807, 2.05) is 60.7 Å². The molecule has 2 nitrogen and oxygen atoms in total.